The Hall–Kier alpha value is -3.63. The number of aromatic nitrogens is 2. The van der Waals surface area contributed by atoms with Gasteiger partial charge >= 0.3 is 0 Å². The van der Waals surface area contributed by atoms with E-state index in [1.807, 2.05) is 12.1 Å². The first-order valence-electron chi connectivity index (χ1n) is 21.2. The van der Waals surface area contributed by atoms with Gasteiger partial charge in [0.2, 0.25) is 5.91 Å². The highest BCUT2D eigenvalue weighted by atomic mass is 19.1. The summed E-state index contributed by atoms with van der Waals surface area (Å²) in [5, 5.41) is 8.01. The Labute approximate surface area is 324 Å². The second-order valence-electron chi connectivity index (χ2n) is 17.8. The van der Waals surface area contributed by atoms with Crippen LogP contribution in [0.3, 0.4) is 0 Å². The topological polar surface area (TPSA) is 105 Å². The Kier molecular flexibility index (Phi) is 11.2. The van der Waals surface area contributed by atoms with Crippen LogP contribution in [0.1, 0.15) is 113 Å². The maximum Gasteiger partial charge on any atom is 0.272 e. The third kappa shape index (κ3) is 7.50. The van der Waals surface area contributed by atoms with Crippen LogP contribution in [0.5, 0.6) is 0 Å². The average molecular weight is 755 g/mol. The number of nitrogens with one attached hydrogen (secondary N) is 1. The van der Waals surface area contributed by atoms with Crippen molar-refractivity contribution >= 4 is 22.6 Å². The van der Waals surface area contributed by atoms with Crippen molar-refractivity contribution in [2.75, 3.05) is 46.0 Å². The molecule has 55 heavy (non-hydrogen) atoms. The van der Waals surface area contributed by atoms with E-state index in [2.05, 4.69) is 24.0 Å². The van der Waals surface area contributed by atoms with Crippen LogP contribution < -0.4 is 5.56 Å². The van der Waals surface area contributed by atoms with Crippen LogP contribution in [-0.4, -0.2) is 83.9 Å². The van der Waals surface area contributed by atoms with Gasteiger partial charge in [0.05, 0.1) is 35.8 Å². The number of halogens is 1. The van der Waals surface area contributed by atoms with Gasteiger partial charge in [0, 0.05) is 51.2 Å². The molecule has 2 heterocycles. The molecule has 1 saturated heterocycles. The monoisotopic (exact) mass is 754 g/mol. The fourth-order valence-electron chi connectivity index (χ4n) is 12.0. The zero-order valence-electron chi connectivity index (χ0n) is 32.8. The van der Waals surface area contributed by atoms with Crippen LogP contribution >= 0.6 is 0 Å². The Morgan fingerprint density at radius 2 is 1.64 bits per heavy atom. The molecule has 1 aliphatic heterocycles. The number of amides is 2. The molecule has 10 heteroatoms. The largest absolute Gasteiger partial charge is 0.381 e. The number of rotatable bonds is 11. The van der Waals surface area contributed by atoms with Gasteiger partial charge in [-0.05, 0) is 116 Å². The number of ether oxygens (including phenoxy) is 2. The number of hydrogen-bond donors (Lipinski definition) is 1. The molecule has 0 unspecified atom stereocenters. The van der Waals surface area contributed by atoms with E-state index < -0.39 is 11.7 Å². The summed E-state index contributed by atoms with van der Waals surface area (Å²) in [5.41, 5.74) is 1.96. The smallest absolute Gasteiger partial charge is 0.272 e. The van der Waals surface area contributed by atoms with E-state index in [0.29, 0.717) is 92.4 Å². The van der Waals surface area contributed by atoms with Gasteiger partial charge in [0.25, 0.3) is 11.5 Å². The second kappa shape index (κ2) is 16.1. The highest BCUT2D eigenvalue weighted by molar-refractivity contribution is 5.95. The lowest BCUT2D eigenvalue weighted by Gasteiger charge is -2.60. The van der Waals surface area contributed by atoms with Crippen LogP contribution in [0.4, 0.5) is 4.39 Å². The normalized spacial score (nSPS) is 30.5. The molecule has 1 aromatic heterocycles. The zero-order chi connectivity index (χ0) is 38.2. The summed E-state index contributed by atoms with van der Waals surface area (Å²) >= 11 is 0. The number of benzene rings is 2. The predicted molar refractivity (Wildman–Crippen MR) is 210 cm³/mol. The van der Waals surface area contributed by atoms with E-state index in [-0.39, 0.29) is 17.0 Å². The standard InChI is InChI=1S/C45H59FN4O5/c1-44-19-6-5-8-31(44)12-13-34-36-14-16-40(45(36,2)20-17-37(34)44)55-26-7-25-54-27-18-41(51)49-21-23-50(24-22-49)43(53)35-28-30(11-15-38(35)46)29-39-32-9-3-4-10-33(32)42(52)48-47-39/h3-4,9-11,15,28,31,34,36-37,40H,5-8,12-14,16-27,29H2,1-2H3,(H,48,52)/t31-,34+,36+,37+,40+,44+,45+/m1/s1. The van der Waals surface area contributed by atoms with Crippen molar-refractivity contribution in [2.24, 2.45) is 34.5 Å². The van der Waals surface area contributed by atoms with Crippen LogP contribution in [0.25, 0.3) is 10.8 Å². The van der Waals surface area contributed by atoms with E-state index >= 15 is 0 Å². The Morgan fingerprint density at radius 3 is 2.47 bits per heavy atom. The molecule has 0 bridgehead atoms. The van der Waals surface area contributed by atoms with E-state index in [1.165, 1.54) is 70.3 Å². The molecule has 1 N–H and O–H groups in total. The van der Waals surface area contributed by atoms with Gasteiger partial charge in [-0.3, -0.25) is 14.4 Å². The number of hydrogen-bond acceptors (Lipinski definition) is 6. The number of carbonyl (C=O) groups excluding carboxylic acids is 2. The van der Waals surface area contributed by atoms with E-state index in [9.17, 15) is 18.8 Å². The Morgan fingerprint density at radius 1 is 0.855 bits per heavy atom. The lowest BCUT2D eigenvalue weighted by molar-refractivity contribution is -0.134. The molecule has 7 atom stereocenters. The number of H-pyrrole nitrogens is 1. The molecule has 2 amide bonds. The Bertz CT molecular complexity index is 1930. The molecular weight excluding hydrogens is 696 g/mol. The average Bonchev–Trinajstić information content (AvgIpc) is 3.54. The minimum atomic E-state index is -0.589. The van der Waals surface area contributed by atoms with Crippen molar-refractivity contribution in [3.63, 3.8) is 0 Å². The van der Waals surface area contributed by atoms with E-state index in [4.69, 9.17) is 9.47 Å². The highest BCUT2D eigenvalue weighted by Gasteiger charge is 2.60. The van der Waals surface area contributed by atoms with Gasteiger partial charge in [0.1, 0.15) is 5.82 Å². The molecular formula is C45H59FN4O5. The van der Waals surface area contributed by atoms with Crippen molar-refractivity contribution < 1.29 is 23.5 Å². The minimum Gasteiger partial charge on any atom is -0.381 e. The van der Waals surface area contributed by atoms with Crippen LogP contribution in [-0.2, 0) is 20.7 Å². The SMILES string of the molecule is C[C@]12CCCC[C@@H]1CC[C@@H]1[C@@H]2CC[C@]2(C)[C@@H](OCCCOCCC(=O)N3CCN(C(=O)c4cc(Cc5n[nH]c(=O)c6ccccc56)ccc4F)CC3)CC[C@@H]12. The molecule has 3 aromatic rings. The third-order valence-corrected chi connectivity index (χ3v) is 15.0. The molecule has 296 valence electrons. The predicted octanol–water partition coefficient (Wildman–Crippen LogP) is 7.55. The third-order valence-electron chi connectivity index (χ3n) is 15.0. The summed E-state index contributed by atoms with van der Waals surface area (Å²) in [6.07, 6.45) is 15.7. The first-order chi connectivity index (χ1) is 26.7. The number of carbonyl (C=O) groups is 2. The summed E-state index contributed by atoms with van der Waals surface area (Å²) in [5.74, 6) is 2.59. The van der Waals surface area contributed by atoms with Crippen molar-refractivity contribution in [1.29, 1.82) is 0 Å². The van der Waals surface area contributed by atoms with E-state index in [0.717, 1.165) is 35.5 Å². The molecule has 5 aliphatic rings. The number of fused-ring (bicyclic) bond motifs is 6. The van der Waals surface area contributed by atoms with Crippen LogP contribution in [0.2, 0.25) is 0 Å². The van der Waals surface area contributed by atoms with Crippen LogP contribution in [0, 0.1) is 40.3 Å². The van der Waals surface area contributed by atoms with E-state index in [1.54, 1.807) is 34.1 Å². The van der Waals surface area contributed by atoms with Gasteiger partial charge in [-0.25, -0.2) is 9.49 Å². The summed E-state index contributed by atoms with van der Waals surface area (Å²) in [6, 6.07) is 11.7. The van der Waals surface area contributed by atoms with Crippen molar-refractivity contribution in [3.05, 3.63) is 75.5 Å². The van der Waals surface area contributed by atoms with Crippen molar-refractivity contribution in [2.45, 2.75) is 103 Å². The summed E-state index contributed by atoms with van der Waals surface area (Å²) in [6.45, 7) is 8.29. The van der Waals surface area contributed by atoms with Crippen molar-refractivity contribution in [1.82, 2.24) is 20.0 Å². The van der Waals surface area contributed by atoms with Gasteiger partial charge < -0.3 is 19.3 Å². The first-order valence-corrected chi connectivity index (χ1v) is 21.2. The molecule has 2 aromatic carbocycles. The molecule has 5 fully saturated rings. The molecule has 4 saturated carbocycles. The maximum atomic E-state index is 15.0. The molecule has 9 nitrogen and oxygen atoms in total. The Balaban J connectivity index is 0.742. The van der Waals surface area contributed by atoms with Gasteiger partial charge in [-0.2, -0.15) is 5.10 Å². The molecule has 8 rings (SSSR count). The van der Waals surface area contributed by atoms with Gasteiger partial charge in [-0.1, -0.05) is 51.0 Å². The fraction of sp³-hybridized carbons (Fsp3) is 0.644. The lowest BCUT2D eigenvalue weighted by atomic mass is 9.45. The first kappa shape index (κ1) is 38.3. The van der Waals surface area contributed by atoms with Gasteiger partial charge in [0.15, 0.2) is 0 Å². The summed E-state index contributed by atoms with van der Waals surface area (Å²) in [7, 11) is 0. The summed E-state index contributed by atoms with van der Waals surface area (Å²) in [4.78, 5) is 42.0. The highest BCUT2D eigenvalue weighted by Crippen LogP contribution is 2.66. The molecule has 0 radical (unpaired) electrons. The van der Waals surface area contributed by atoms with Crippen molar-refractivity contribution in [3.8, 4) is 0 Å². The number of nitrogens with zero attached hydrogens (tertiary/aromatic N) is 3. The second-order valence-corrected chi connectivity index (χ2v) is 17.8. The fourth-order valence-corrected chi connectivity index (χ4v) is 12.0. The molecule has 0 spiro atoms. The molecule has 4 aliphatic carbocycles. The minimum absolute atomic E-state index is 0.00592. The maximum absolute atomic E-state index is 15.0. The zero-order valence-corrected chi connectivity index (χ0v) is 32.8. The van der Waals surface area contributed by atoms with Gasteiger partial charge in [-0.15, -0.1) is 0 Å². The van der Waals surface area contributed by atoms with Crippen LogP contribution in [0.15, 0.2) is 47.3 Å². The number of aromatic amines is 1. The summed E-state index contributed by atoms with van der Waals surface area (Å²) < 4.78 is 27.4. The quantitative estimate of drug-likeness (QED) is 0.203. The lowest BCUT2D eigenvalue weighted by Crippen LogP contribution is -2.53. The number of piperazine rings is 1.